The molecule has 0 atom stereocenters. The molecule has 28 heavy (non-hydrogen) atoms. The lowest BCUT2D eigenvalue weighted by Gasteiger charge is -2.16. The van der Waals surface area contributed by atoms with Crippen LogP contribution < -0.4 is 5.56 Å². The second-order valence-corrected chi connectivity index (χ2v) is 6.48. The number of carbonyl (C=O) groups is 1. The first-order valence-electron chi connectivity index (χ1n) is 8.07. The first-order chi connectivity index (χ1) is 13.1. The highest BCUT2D eigenvalue weighted by Crippen LogP contribution is 2.30. The summed E-state index contributed by atoms with van der Waals surface area (Å²) in [5, 5.41) is 0.119. The number of halogens is 4. The Morgan fingerprint density at radius 3 is 2.61 bits per heavy atom. The van der Waals surface area contributed by atoms with Crippen LogP contribution >= 0.6 is 11.6 Å². The Kier molecular flexibility index (Phi) is 5.16. The first kappa shape index (κ1) is 19.9. The summed E-state index contributed by atoms with van der Waals surface area (Å²) >= 11 is 5.70. The van der Waals surface area contributed by atoms with E-state index in [0.29, 0.717) is 28.7 Å². The van der Waals surface area contributed by atoms with E-state index in [1.807, 2.05) is 0 Å². The van der Waals surface area contributed by atoms with E-state index in [2.05, 4.69) is 4.98 Å². The SMILES string of the molecule is COC(=O)c1c(Cn2cc(C(F)(F)F)cc(Cl)c2=O)nc2ccccc2c1C. The summed E-state index contributed by atoms with van der Waals surface area (Å²) in [7, 11) is 1.19. The molecule has 0 fully saturated rings. The second kappa shape index (κ2) is 7.27. The van der Waals surface area contributed by atoms with Crippen LogP contribution in [0, 0.1) is 6.92 Å². The van der Waals surface area contributed by atoms with E-state index in [-0.39, 0.29) is 17.8 Å². The predicted molar refractivity (Wildman–Crippen MR) is 97.6 cm³/mol. The van der Waals surface area contributed by atoms with Gasteiger partial charge in [0.2, 0.25) is 0 Å². The number of methoxy groups -OCH3 is 1. The molecule has 0 aliphatic heterocycles. The second-order valence-electron chi connectivity index (χ2n) is 6.07. The molecule has 0 radical (unpaired) electrons. The van der Waals surface area contributed by atoms with Crippen molar-refractivity contribution in [2.24, 2.45) is 0 Å². The topological polar surface area (TPSA) is 61.2 Å². The standard InChI is InChI=1S/C19H14ClF3N2O3/c1-10-12-5-3-4-6-14(12)24-15(16(10)18(27)28-2)9-25-8-11(19(21,22)23)7-13(20)17(25)26/h3-8H,9H2,1-2H3. The number of benzene rings is 1. The zero-order chi connectivity index (χ0) is 20.6. The normalized spacial score (nSPS) is 11.6. The number of fused-ring (bicyclic) bond motifs is 1. The number of aryl methyl sites for hydroxylation is 1. The summed E-state index contributed by atoms with van der Waals surface area (Å²) in [6.45, 7) is 1.31. The third-order valence-corrected chi connectivity index (χ3v) is 4.58. The largest absolute Gasteiger partial charge is 0.465 e. The van der Waals surface area contributed by atoms with Crippen LogP contribution in [0.5, 0.6) is 0 Å². The Morgan fingerprint density at radius 2 is 1.96 bits per heavy atom. The van der Waals surface area contributed by atoms with E-state index in [4.69, 9.17) is 16.3 Å². The Labute approximate surface area is 162 Å². The molecule has 3 aromatic rings. The fourth-order valence-corrected chi connectivity index (χ4v) is 3.19. The number of alkyl halides is 3. The van der Waals surface area contributed by atoms with Crippen molar-refractivity contribution in [1.82, 2.24) is 9.55 Å². The molecule has 0 spiro atoms. The molecule has 9 heteroatoms. The maximum absolute atomic E-state index is 13.1. The van der Waals surface area contributed by atoms with Crippen LogP contribution in [-0.4, -0.2) is 22.6 Å². The van der Waals surface area contributed by atoms with Crippen molar-refractivity contribution in [2.45, 2.75) is 19.6 Å². The third-order valence-electron chi connectivity index (χ3n) is 4.31. The highest BCUT2D eigenvalue weighted by molar-refractivity contribution is 6.30. The van der Waals surface area contributed by atoms with Gasteiger partial charge < -0.3 is 9.30 Å². The molecule has 2 aromatic heterocycles. The van der Waals surface area contributed by atoms with Gasteiger partial charge in [0.1, 0.15) is 5.02 Å². The van der Waals surface area contributed by atoms with Crippen molar-refractivity contribution in [2.75, 3.05) is 7.11 Å². The minimum Gasteiger partial charge on any atom is -0.465 e. The molecule has 2 heterocycles. The summed E-state index contributed by atoms with van der Waals surface area (Å²) < 4.78 is 44.9. The predicted octanol–water partition coefficient (Wildman–Crippen LogP) is 4.21. The van der Waals surface area contributed by atoms with Crippen LogP contribution in [-0.2, 0) is 17.5 Å². The maximum Gasteiger partial charge on any atom is 0.417 e. The Balaban J connectivity index is 2.24. The van der Waals surface area contributed by atoms with Crippen LogP contribution in [0.1, 0.15) is 27.2 Å². The fourth-order valence-electron chi connectivity index (χ4n) is 2.96. The van der Waals surface area contributed by atoms with Crippen LogP contribution in [0.3, 0.4) is 0 Å². The molecule has 0 aliphatic rings. The lowest BCUT2D eigenvalue weighted by Crippen LogP contribution is -2.25. The number of hydrogen-bond donors (Lipinski definition) is 0. The third kappa shape index (κ3) is 3.60. The highest BCUT2D eigenvalue weighted by Gasteiger charge is 2.32. The summed E-state index contributed by atoms with van der Waals surface area (Å²) in [4.78, 5) is 29.0. The van der Waals surface area contributed by atoms with E-state index in [0.717, 1.165) is 4.57 Å². The van der Waals surface area contributed by atoms with Gasteiger partial charge in [-0.1, -0.05) is 29.8 Å². The van der Waals surface area contributed by atoms with Crippen molar-refractivity contribution in [3.05, 3.63) is 74.3 Å². The zero-order valence-electron chi connectivity index (χ0n) is 14.8. The van der Waals surface area contributed by atoms with Crippen molar-refractivity contribution in [1.29, 1.82) is 0 Å². The smallest absolute Gasteiger partial charge is 0.417 e. The molecule has 3 rings (SSSR count). The first-order valence-corrected chi connectivity index (χ1v) is 8.45. The van der Waals surface area contributed by atoms with E-state index in [9.17, 15) is 22.8 Å². The molecular weight excluding hydrogens is 397 g/mol. The Bertz CT molecular complexity index is 1140. The number of nitrogens with zero attached hydrogens (tertiary/aromatic N) is 2. The van der Waals surface area contributed by atoms with Gasteiger partial charge in [0, 0.05) is 11.6 Å². The number of para-hydroxylation sites is 1. The molecule has 0 bridgehead atoms. The maximum atomic E-state index is 13.1. The van der Waals surface area contributed by atoms with Crippen LogP contribution in [0.2, 0.25) is 5.02 Å². The minimum atomic E-state index is -4.68. The van der Waals surface area contributed by atoms with Crippen LogP contribution in [0.25, 0.3) is 10.9 Å². The van der Waals surface area contributed by atoms with Gasteiger partial charge in [-0.3, -0.25) is 4.79 Å². The molecule has 0 N–H and O–H groups in total. The van der Waals surface area contributed by atoms with Crippen molar-refractivity contribution < 1.29 is 22.7 Å². The van der Waals surface area contributed by atoms with Gasteiger partial charge >= 0.3 is 12.1 Å². The average molecular weight is 411 g/mol. The molecule has 0 saturated carbocycles. The van der Waals surface area contributed by atoms with Gasteiger partial charge in [0.15, 0.2) is 0 Å². The van der Waals surface area contributed by atoms with Gasteiger partial charge in [0.05, 0.1) is 36.0 Å². The summed E-state index contributed by atoms with van der Waals surface area (Å²) in [5.41, 5.74) is -0.596. The monoisotopic (exact) mass is 410 g/mol. The molecule has 0 aliphatic carbocycles. The van der Waals surface area contributed by atoms with E-state index < -0.39 is 28.3 Å². The molecule has 0 unspecified atom stereocenters. The van der Waals surface area contributed by atoms with E-state index >= 15 is 0 Å². The van der Waals surface area contributed by atoms with Crippen molar-refractivity contribution in [3.8, 4) is 0 Å². The summed E-state index contributed by atoms with van der Waals surface area (Å²) in [6, 6.07) is 7.55. The summed E-state index contributed by atoms with van der Waals surface area (Å²) in [5.74, 6) is -0.697. The molecular formula is C19H14ClF3N2O3. The Hall–Kier alpha value is -2.87. The van der Waals surface area contributed by atoms with Crippen LogP contribution in [0.15, 0.2) is 41.3 Å². The quantitative estimate of drug-likeness (QED) is 0.607. The summed E-state index contributed by atoms with van der Waals surface area (Å²) in [6.07, 6.45) is -4.03. The number of esters is 1. The highest BCUT2D eigenvalue weighted by atomic mass is 35.5. The lowest BCUT2D eigenvalue weighted by atomic mass is 10.0. The van der Waals surface area contributed by atoms with Gasteiger partial charge in [0.25, 0.3) is 5.56 Å². The van der Waals surface area contributed by atoms with E-state index in [1.165, 1.54) is 7.11 Å². The number of carbonyl (C=O) groups excluding carboxylic acids is 1. The molecule has 0 saturated heterocycles. The average Bonchev–Trinajstić information content (AvgIpc) is 2.64. The van der Waals surface area contributed by atoms with Crippen molar-refractivity contribution in [3.63, 3.8) is 0 Å². The zero-order valence-corrected chi connectivity index (χ0v) is 15.6. The van der Waals surface area contributed by atoms with Gasteiger partial charge in [-0.2, -0.15) is 13.2 Å². The van der Waals surface area contributed by atoms with Gasteiger partial charge in [-0.05, 0) is 24.6 Å². The lowest BCUT2D eigenvalue weighted by molar-refractivity contribution is -0.138. The number of pyridine rings is 2. The fraction of sp³-hybridized carbons (Fsp3) is 0.211. The van der Waals surface area contributed by atoms with Crippen molar-refractivity contribution >= 4 is 28.5 Å². The minimum absolute atomic E-state index is 0.0987. The number of hydrogen-bond acceptors (Lipinski definition) is 4. The molecule has 0 amide bonds. The Morgan fingerprint density at radius 1 is 1.29 bits per heavy atom. The van der Waals surface area contributed by atoms with Gasteiger partial charge in [-0.25, -0.2) is 9.78 Å². The van der Waals surface area contributed by atoms with Crippen LogP contribution in [0.4, 0.5) is 13.2 Å². The van der Waals surface area contributed by atoms with Gasteiger partial charge in [-0.15, -0.1) is 0 Å². The number of ether oxygens (including phenoxy) is 1. The molecule has 1 aromatic carbocycles. The number of aromatic nitrogens is 2. The molecule has 5 nitrogen and oxygen atoms in total. The number of rotatable bonds is 3. The van der Waals surface area contributed by atoms with E-state index in [1.54, 1.807) is 31.2 Å². The molecule has 146 valence electrons.